The lowest BCUT2D eigenvalue weighted by Crippen LogP contribution is -2.28. The molecule has 9 rings (SSSR count). The van der Waals surface area contributed by atoms with Crippen LogP contribution in [0.15, 0.2) is 152 Å². The molecule has 0 fully saturated rings. The molecule has 1 nitrogen and oxygen atoms in total. The molecule has 0 atom stereocenters. The van der Waals surface area contributed by atoms with Crippen LogP contribution in [0.2, 0.25) is 0 Å². The van der Waals surface area contributed by atoms with Crippen molar-refractivity contribution in [3.63, 3.8) is 0 Å². The zero-order valence-electron chi connectivity index (χ0n) is 24.4. The SMILES string of the molecule is CC1(C)c2ccccc2-c2ccc(-n3ccc4ccc5c(c43)-c3ccccc3C5(c3ccccc3)c3ccccc3)cc21. The average molecular weight is 550 g/mol. The van der Waals surface area contributed by atoms with Crippen molar-refractivity contribution in [2.75, 3.05) is 0 Å². The van der Waals surface area contributed by atoms with Gasteiger partial charge in [0.1, 0.15) is 0 Å². The van der Waals surface area contributed by atoms with Crippen LogP contribution in [0.4, 0.5) is 0 Å². The summed E-state index contributed by atoms with van der Waals surface area (Å²) in [5, 5.41) is 1.26. The Kier molecular flexibility index (Phi) is 4.94. The molecule has 0 radical (unpaired) electrons. The molecule has 0 saturated heterocycles. The first-order chi connectivity index (χ1) is 21.1. The fourth-order valence-corrected chi connectivity index (χ4v) is 8.21. The lowest BCUT2D eigenvalue weighted by molar-refractivity contribution is 0.660. The Hall–Kier alpha value is -5.14. The van der Waals surface area contributed by atoms with Gasteiger partial charge in [-0.15, -0.1) is 0 Å². The Morgan fingerprint density at radius 1 is 0.465 bits per heavy atom. The predicted octanol–water partition coefficient (Wildman–Crippen LogP) is 10.3. The van der Waals surface area contributed by atoms with Gasteiger partial charge in [0.05, 0.1) is 10.9 Å². The minimum Gasteiger partial charge on any atom is -0.316 e. The lowest BCUT2D eigenvalue weighted by Gasteiger charge is -2.33. The summed E-state index contributed by atoms with van der Waals surface area (Å²) in [6, 6.07) is 54.1. The van der Waals surface area contributed by atoms with Crippen LogP contribution >= 0.6 is 0 Å². The van der Waals surface area contributed by atoms with E-state index in [1.165, 1.54) is 72.2 Å². The highest BCUT2D eigenvalue weighted by molar-refractivity contribution is 6.03. The number of fused-ring (bicyclic) bond motifs is 8. The molecule has 2 aliphatic rings. The number of rotatable bonds is 3. The van der Waals surface area contributed by atoms with Crippen LogP contribution in [-0.2, 0) is 10.8 Å². The molecule has 204 valence electrons. The molecule has 2 aliphatic carbocycles. The monoisotopic (exact) mass is 549 g/mol. The topological polar surface area (TPSA) is 4.93 Å². The Bertz CT molecular complexity index is 2160. The van der Waals surface area contributed by atoms with E-state index in [1.807, 2.05) is 0 Å². The summed E-state index contributed by atoms with van der Waals surface area (Å²) < 4.78 is 2.43. The second-order valence-corrected chi connectivity index (χ2v) is 12.5. The third-order valence-corrected chi connectivity index (χ3v) is 10.1. The Morgan fingerprint density at radius 2 is 1.07 bits per heavy atom. The molecule has 1 heterocycles. The van der Waals surface area contributed by atoms with E-state index in [0.29, 0.717) is 0 Å². The van der Waals surface area contributed by atoms with Crippen molar-refractivity contribution in [3.8, 4) is 27.9 Å². The van der Waals surface area contributed by atoms with Gasteiger partial charge in [0, 0.05) is 28.2 Å². The standard InChI is InChI=1S/C42H31N/c1-41(2)35-19-11-9-17-32(35)33-23-22-31(27-38(33)41)43-26-25-28-21-24-37-39(40(28)43)34-18-10-12-20-36(34)42(37,29-13-5-3-6-14-29)30-15-7-4-8-16-30/h3-27H,1-2H3. The summed E-state index contributed by atoms with van der Waals surface area (Å²) in [7, 11) is 0. The van der Waals surface area contributed by atoms with Gasteiger partial charge in [-0.1, -0.05) is 141 Å². The molecule has 0 aliphatic heterocycles. The number of benzene rings is 6. The lowest BCUT2D eigenvalue weighted by atomic mass is 9.67. The molecule has 7 aromatic rings. The van der Waals surface area contributed by atoms with E-state index < -0.39 is 5.41 Å². The summed E-state index contributed by atoms with van der Waals surface area (Å²) in [6.07, 6.45) is 2.26. The fourth-order valence-electron chi connectivity index (χ4n) is 8.21. The second-order valence-electron chi connectivity index (χ2n) is 12.5. The van der Waals surface area contributed by atoms with Crippen molar-refractivity contribution in [3.05, 3.63) is 185 Å². The van der Waals surface area contributed by atoms with E-state index in [1.54, 1.807) is 0 Å². The van der Waals surface area contributed by atoms with Crippen LogP contribution in [0.3, 0.4) is 0 Å². The van der Waals surface area contributed by atoms with Crippen molar-refractivity contribution in [1.82, 2.24) is 4.57 Å². The van der Waals surface area contributed by atoms with Crippen molar-refractivity contribution in [2.45, 2.75) is 24.7 Å². The van der Waals surface area contributed by atoms with E-state index in [9.17, 15) is 0 Å². The zero-order chi connectivity index (χ0) is 28.8. The van der Waals surface area contributed by atoms with E-state index in [-0.39, 0.29) is 5.41 Å². The highest BCUT2D eigenvalue weighted by Gasteiger charge is 2.47. The van der Waals surface area contributed by atoms with Gasteiger partial charge in [-0.3, -0.25) is 0 Å². The van der Waals surface area contributed by atoms with Gasteiger partial charge in [-0.05, 0) is 68.3 Å². The van der Waals surface area contributed by atoms with Gasteiger partial charge in [-0.2, -0.15) is 0 Å². The predicted molar refractivity (Wildman–Crippen MR) is 178 cm³/mol. The molecule has 1 heteroatoms. The van der Waals surface area contributed by atoms with E-state index in [2.05, 4.69) is 170 Å². The molecule has 0 unspecified atom stereocenters. The van der Waals surface area contributed by atoms with Gasteiger partial charge in [0.2, 0.25) is 0 Å². The summed E-state index contributed by atoms with van der Waals surface area (Å²) in [5.74, 6) is 0. The average Bonchev–Trinajstić information content (AvgIpc) is 3.69. The fraction of sp³-hybridized carbons (Fsp3) is 0.0952. The van der Waals surface area contributed by atoms with Crippen molar-refractivity contribution < 1.29 is 0 Å². The minimum atomic E-state index is -0.403. The molecule has 0 amide bonds. The van der Waals surface area contributed by atoms with Crippen LogP contribution in [0.5, 0.6) is 0 Å². The van der Waals surface area contributed by atoms with Gasteiger partial charge < -0.3 is 4.57 Å². The summed E-state index contributed by atoms with van der Waals surface area (Å²) >= 11 is 0. The second kappa shape index (κ2) is 8.69. The van der Waals surface area contributed by atoms with Gasteiger partial charge in [0.25, 0.3) is 0 Å². The largest absolute Gasteiger partial charge is 0.316 e. The highest BCUT2D eigenvalue weighted by atomic mass is 15.0. The summed E-state index contributed by atoms with van der Waals surface area (Å²) in [6.45, 7) is 4.72. The molecule has 0 bridgehead atoms. The first-order valence-corrected chi connectivity index (χ1v) is 15.2. The van der Waals surface area contributed by atoms with E-state index in [0.717, 1.165) is 0 Å². The van der Waals surface area contributed by atoms with Crippen molar-refractivity contribution in [2.24, 2.45) is 0 Å². The van der Waals surface area contributed by atoms with Crippen LogP contribution in [-0.4, -0.2) is 4.57 Å². The number of aromatic nitrogens is 1. The Balaban J connectivity index is 1.35. The summed E-state index contributed by atoms with van der Waals surface area (Å²) in [5.41, 5.74) is 15.4. The number of nitrogens with zero attached hydrogens (tertiary/aromatic N) is 1. The minimum absolute atomic E-state index is 0.0464. The van der Waals surface area contributed by atoms with Crippen LogP contribution in [0, 0.1) is 0 Å². The molecule has 6 aromatic carbocycles. The van der Waals surface area contributed by atoms with Gasteiger partial charge in [-0.25, -0.2) is 0 Å². The quantitative estimate of drug-likeness (QED) is 0.207. The third kappa shape index (κ3) is 3.12. The normalized spacial score (nSPS) is 15.1. The van der Waals surface area contributed by atoms with Crippen LogP contribution in [0.25, 0.3) is 38.8 Å². The Morgan fingerprint density at radius 3 is 1.79 bits per heavy atom. The summed E-state index contributed by atoms with van der Waals surface area (Å²) in [4.78, 5) is 0. The van der Waals surface area contributed by atoms with Crippen LogP contribution < -0.4 is 0 Å². The molecule has 1 aromatic heterocycles. The van der Waals surface area contributed by atoms with Gasteiger partial charge >= 0.3 is 0 Å². The van der Waals surface area contributed by atoms with Crippen molar-refractivity contribution >= 4 is 10.9 Å². The van der Waals surface area contributed by atoms with E-state index in [4.69, 9.17) is 0 Å². The smallest absolute Gasteiger partial charge is 0.0714 e. The number of hydrogen-bond donors (Lipinski definition) is 0. The molecular weight excluding hydrogens is 518 g/mol. The van der Waals surface area contributed by atoms with Crippen molar-refractivity contribution in [1.29, 1.82) is 0 Å². The van der Waals surface area contributed by atoms with Gasteiger partial charge in [0.15, 0.2) is 0 Å². The molecule has 43 heavy (non-hydrogen) atoms. The molecule has 0 spiro atoms. The highest BCUT2D eigenvalue weighted by Crippen LogP contribution is 2.58. The molecule has 0 N–H and O–H groups in total. The Labute approximate surface area is 252 Å². The maximum absolute atomic E-state index is 2.43. The first-order valence-electron chi connectivity index (χ1n) is 15.2. The number of hydrogen-bond acceptors (Lipinski definition) is 0. The first kappa shape index (κ1) is 24.5. The maximum Gasteiger partial charge on any atom is 0.0714 e. The maximum atomic E-state index is 2.43. The molecular formula is C42H31N. The van der Waals surface area contributed by atoms with E-state index >= 15 is 0 Å². The molecule has 0 saturated carbocycles. The van der Waals surface area contributed by atoms with Crippen LogP contribution in [0.1, 0.15) is 47.2 Å². The third-order valence-electron chi connectivity index (χ3n) is 10.1. The zero-order valence-corrected chi connectivity index (χ0v) is 24.4.